The molecule has 64 valence electrons. The molecule has 3 N–H and O–H groups in total. The van der Waals surface area contributed by atoms with Crippen LogP contribution in [-0.2, 0) is 0 Å². The Balaban J connectivity index is 3.24. The lowest BCUT2D eigenvalue weighted by atomic mass is 10.2. The Morgan fingerprint density at radius 1 is 1.55 bits per heavy atom. The highest BCUT2D eigenvalue weighted by atomic mass is 16.4. The van der Waals surface area contributed by atoms with E-state index in [-0.39, 0.29) is 0 Å². The van der Waals surface area contributed by atoms with Crippen LogP contribution < -0.4 is 5.32 Å². The predicted octanol–water partition coefficient (Wildman–Crippen LogP) is 1.46. The molecule has 0 unspecified atom stereocenters. The molecule has 11 heavy (non-hydrogen) atoms. The van der Waals surface area contributed by atoms with E-state index in [0.717, 1.165) is 12.8 Å². The molecule has 1 amide bonds. The molecule has 4 nitrogen and oxygen atoms in total. The molecule has 0 atom stereocenters. The number of hydrogen-bond donors (Lipinski definition) is 3. The summed E-state index contributed by atoms with van der Waals surface area (Å²) >= 11 is 0. The van der Waals surface area contributed by atoms with Crippen LogP contribution in [0.4, 0.5) is 4.79 Å². The maximum atomic E-state index is 9.96. The van der Waals surface area contributed by atoms with Crippen molar-refractivity contribution in [2.24, 2.45) is 0 Å². The van der Waals surface area contributed by atoms with Gasteiger partial charge in [0.15, 0.2) is 0 Å². The highest BCUT2D eigenvalue weighted by Crippen LogP contribution is 1.92. The van der Waals surface area contributed by atoms with Gasteiger partial charge >= 0.3 is 6.09 Å². The van der Waals surface area contributed by atoms with E-state index in [1.165, 1.54) is 0 Å². The van der Waals surface area contributed by atoms with Gasteiger partial charge in [0.1, 0.15) is 0 Å². The first-order chi connectivity index (χ1) is 5.16. The van der Waals surface area contributed by atoms with Gasteiger partial charge in [0.05, 0.1) is 0 Å². The summed E-state index contributed by atoms with van der Waals surface area (Å²) in [6, 6.07) is 0. The molecule has 0 saturated carbocycles. The lowest BCUT2D eigenvalue weighted by molar-refractivity contribution is 0.195. The lowest BCUT2D eigenvalue weighted by Crippen LogP contribution is -2.23. The zero-order valence-electron chi connectivity index (χ0n) is 6.68. The summed E-state index contributed by atoms with van der Waals surface area (Å²) < 4.78 is 0. The topological polar surface area (TPSA) is 73.2 Å². The molecule has 0 saturated heterocycles. The summed E-state index contributed by atoms with van der Waals surface area (Å²) in [7, 11) is 0. The fraction of sp³-hybridized carbons (Fsp3) is 0.714. The van der Waals surface area contributed by atoms with Gasteiger partial charge in [0.25, 0.3) is 0 Å². The molecular formula is C7H14N2O2. The SMILES string of the molecule is CCCC(=N)CCNC(=O)O. The number of nitrogens with one attached hydrogen (secondary N) is 2. The van der Waals surface area contributed by atoms with Gasteiger partial charge in [0.2, 0.25) is 0 Å². The summed E-state index contributed by atoms with van der Waals surface area (Å²) in [5.74, 6) is 0. The zero-order valence-corrected chi connectivity index (χ0v) is 6.68. The molecule has 0 aliphatic carbocycles. The van der Waals surface area contributed by atoms with Crippen LogP contribution in [-0.4, -0.2) is 23.5 Å². The summed E-state index contributed by atoms with van der Waals surface area (Å²) in [6.07, 6.45) is 1.22. The van der Waals surface area contributed by atoms with Crippen LogP contribution in [0, 0.1) is 5.41 Å². The highest BCUT2D eigenvalue weighted by Gasteiger charge is 1.96. The second kappa shape index (κ2) is 5.70. The van der Waals surface area contributed by atoms with Gasteiger partial charge < -0.3 is 15.8 Å². The van der Waals surface area contributed by atoms with Crippen molar-refractivity contribution in [3.05, 3.63) is 0 Å². The van der Waals surface area contributed by atoms with E-state index < -0.39 is 6.09 Å². The molecule has 0 aromatic carbocycles. The minimum atomic E-state index is -1.02. The fourth-order valence-corrected chi connectivity index (χ4v) is 0.747. The van der Waals surface area contributed by atoms with Crippen molar-refractivity contribution in [2.75, 3.05) is 6.54 Å². The standard InChI is InChI=1S/C7H14N2O2/c1-2-3-6(8)4-5-9-7(10)11/h8-9H,2-5H2,1H3,(H,10,11). The largest absolute Gasteiger partial charge is 0.465 e. The van der Waals surface area contributed by atoms with Crippen LogP contribution in [0.5, 0.6) is 0 Å². The molecule has 4 heteroatoms. The van der Waals surface area contributed by atoms with Crippen molar-refractivity contribution in [1.29, 1.82) is 5.41 Å². The van der Waals surface area contributed by atoms with Gasteiger partial charge in [-0.3, -0.25) is 0 Å². The first kappa shape index (κ1) is 9.94. The monoisotopic (exact) mass is 158 g/mol. The van der Waals surface area contributed by atoms with Gasteiger partial charge in [-0.2, -0.15) is 0 Å². The minimum Gasteiger partial charge on any atom is -0.465 e. The molecule has 0 aliphatic heterocycles. The summed E-state index contributed by atoms with van der Waals surface area (Å²) in [5, 5.41) is 17.7. The second-order valence-corrected chi connectivity index (χ2v) is 2.34. The zero-order chi connectivity index (χ0) is 8.69. The Morgan fingerprint density at radius 2 is 2.18 bits per heavy atom. The highest BCUT2D eigenvalue weighted by molar-refractivity contribution is 5.81. The normalized spacial score (nSPS) is 9.18. The molecule has 0 aromatic heterocycles. The molecule has 0 aliphatic rings. The van der Waals surface area contributed by atoms with Crippen molar-refractivity contribution in [3.63, 3.8) is 0 Å². The van der Waals surface area contributed by atoms with E-state index in [4.69, 9.17) is 10.5 Å². The average molecular weight is 158 g/mol. The number of amides is 1. The Morgan fingerprint density at radius 3 is 2.64 bits per heavy atom. The van der Waals surface area contributed by atoms with E-state index in [0.29, 0.717) is 18.7 Å². The van der Waals surface area contributed by atoms with Gasteiger partial charge in [-0.05, 0) is 6.42 Å². The quantitative estimate of drug-likeness (QED) is 0.530. The van der Waals surface area contributed by atoms with E-state index in [9.17, 15) is 4.79 Å². The summed E-state index contributed by atoms with van der Waals surface area (Å²) in [6.45, 7) is 2.35. The molecule has 0 rings (SSSR count). The molecule has 0 spiro atoms. The third kappa shape index (κ3) is 6.83. The van der Waals surface area contributed by atoms with Gasteiger partial charge in [-0.1, -0.05) is 13.3 Å². The summed E-state index contributed by atoms with van der Waals surface area (Å²) in [4.78, 5) is 9.96. The number of carboxylic acid groups (broad SMARTS) is 1. The third-order valence-electron chi connectivity index (χ3n) is 1.25. The Labute approximate surface area is 66.1 Å². The van der Waals surface area contributed by atoms with Crippen LogP contribution >= 0.6 is 0 Å². The van der Waals surface area contributed by atoms with Crippen LogP contribution in [0.25, 0.3) is 0 Å². The van der Waals surface area contributed by atoms with Crippen LogP contribution in [0.3, 0.4) is 0 Å². The van der Waals surface area contributed by atoms with Crippen LogP contribution in [0.15, 0.2) is 0 Å². The second-order valence-electron chi connectivity index (χ2n) is 2.34. The fourth-order valence-electron chi connectivity index (χ4n) is 0.747. The van der Waals surface area contributed by atoms with Crippen molar-refractivity contribution < 1.29 is 9.90 Å². The lowest BCUT2D eigenvalue weighted by Gasteiger charge is -2.01. The van der Waals surface area contributed by atoms with E-state index in [1.54, 1.807) is 0 Å². The molecule has 0 radical (unpaired) electrons. The third-order valence-corrected chi connectivity index (χ3v) is 1.25. The summed E-state index contributed by atoms with van der Waals surface area (Å²) in [5.41, 5.74) is 0.612. The maximum absolute atomic E-state index is 9.96. The number of carbonyl (C=O) groups is 1. The molecular weight excluding hydrogens is 144 g/mol. The maximum Gasteiger partial charge on any atom is 0.404 e. The first-order valence-electron chi connectivity index (χ1n) is 3.70. The van der Waals surface area contributed by atoms with E-state index in [1.807, 2.05) is 6.92 Å². The smallest absolute Gasteiger partial charge is 0.404 e. The molecule has 0 aromatic rings. The van der Waals surface area contributed by atoms with Crippen molar-refractivity contribution in [2.45, 2.75) is 26.2 Å². The van der Waals surface area contributed by atoms with Crippen LogP contribution in [0.1, 0.15) is 26.2 Å². The predicted molar refractivity (Wildman–Crippen MR) is 43.3 cm³/mol. The molecule has 0 bridgehead atoms. The van der Waals surface area contributed by atoms with Crippen molar-refractivity contribution >= 4 is 11.8 Å². The van der Waals surface area contributed by atoms with E-state index >= 15 is 0 Å². The first-order valence-corrected chi connectivity index (χ1v) is 3.70. The van der Waals surface area contributed by atoms with Gasteiger partial charge in [-0.25, -0.2) is 4.79 Å². The van der Waals surface area contributed by atoms with Crippen LogP contribution in [0.2, 0.25) is 0 Å². The Kier molecular flexibility index (Phi) is 5.15. The average Bonchev–Trinajstić information content (AvgIpc) is 1.87. The van der Waals surface area contributed by atoms with Gasteiger partial charge in [-0.15, -0.1) is 0 Å². The minimum absolute atomic E-state index is 0.355. The number of hydrogen-bond acceptors (Lipinski definition) is 2. The van der Waals surface area contributed by atoms with Gasteiger partial charge in [0, 0.05) is 18.7 Å². The number of rotatable bonds is 5. The van der Waals surface area contributed by atoms with E-state index in [2.05, 4.69) is 5.32 Å². The Hall–Kier alpha value is -1.06. The Bertz CT molecular complexity index is 145. The van der Waals surface area contributed by atoms with Crippen molar-refractivity contribution in [3.8, 4) is 0 Å². The molecule has 0 heterocycles. The van der Waals surface area contributed by atoms with Crippen molar-refractivity contribution in [1.82, 2.24) is 5.32 Å². The molecule has 0 fully saturated rings.